The van der Waals surface area contributed by atoms with Gasteiger partial charge in [-0.15, -0.1) is 5.10 Å². The molecule has 2 unspecified atom stereocenters. The van der Waals surface area contributed by atoms with Crippen LogP contribution in [-0.4, -0.2) is 56.3 Å². The number of nitrogens with zero attached hydrogens (tertiary/aromatic N) is 2. The van der Waals surface area contributed by atoms with Crippen molar-refractivity contribution < 1.29 is 34.1 Å². The van der Waals surface area contributed by atoms with Crippen LogP contribution in [0.5, 0.6) is 17.2 Å². The number of phenolic OH excluding ortho intramolecular Hbond substituents is 2. The van der Waals surface area contributed by atoms with Gasteiger partial charge in [0.2, 0.25) is 10.6 Å². The number of nitrogens with one attached hydrogen (secondary N) is 2. The van der Waals surface area contributed by atoms with Gasteiger partial charge in [0.15, 0.2) is 0 Å². The van der Waals surface area contributed by atoms with E-state index in [1.807, 2.05) is 0 Å². The number of ketones is 1. The van der Waals surface area contributed by atoms with E-state index in [1.54, 1.807) is 43.3 Å². The van der Waals surface area contributed by atoms with Crippen LogP contribution in [0.1, 0.15) is 90.7 Å². The smallest absolute Gasteiger partial charge is 0.342 e. The van der Waals surface area contributed by atoms with E-state index in [1.165, 1.54) is 13.2 Å². The van der Waals surface area contributed by atoms with Gasteiger partial charge in [0.05, 0.1) is 19.8 Å². The van der Waals surface area contributed by atoms with Gasteiger partial charge in [-0.3, -0.25) is 14.7 Å². The fraction of sp³-hybridized carbons (Fsp3) is 0.387. The number of aromatic hydroxyl groups is 2. The molecule has 1 aromatic heterocycles. The second-order valence-corrected chi connectivity index (χ2v) is 11.1. The molecule has 1 aliphatic heterocycles. The molecule has 4 rings (SSSR count). The Hall–Kier alpha value is -4.19. The fourth-order valence-electron chi connectivity index (χ4n) is 5.03. The molecule has 2 aromatic carbocycles. The Morgan fingerprint density at radius 3 is 2.65 bits per heavy atom. The molecule has 11 nitrogen and oxygen atoms in total. The second kappa shape index (κ2) is 14.8. The molecule has 2 atom stereocenters. The van der Waals surface area contributed by atoms with Gasteiger partial charge in [-0.25, -0.2) is 9.78 Å². The van der Waals surface area contributed by atoms with Crippen molar-refractivity contribution in [3.05, 3.63) is 69.2 Å². The Bertz CT molecular complexity index is 1490. The summed E-state index contributed by atoms with van der Waals surface area (Å²) in [6.07, 6.45) is 5.94. The van der Waals surface area contributed by atoms with Crippen LogP contribution in [0.15, 0.2) is 41.1 Å². The van der Waals surface area contributed by atoms with E-state index >= 15 is 0 Å². The number of carbonyl (C=O) groups is 3. The van der Waals surface area contributed by atoms with Crippen molar-refractivity contribution in [3.8, 4) is 17.2 Å². The maximum atomic E-state index is 13.5. The molecule has 228 valence electrons. The summed E-state index contributed by atoms with van der Waals surface area (Å²) >= 11 is 3.16. The number of hydrogen-bond donors (Lipinski definition) is 4. The number of allylic oxidation sites excluding steroid dienone is 1. The van der Waals surface area contributed by atoms with Crippen molar-refractivity contribution in [2.24, 2.45) is 0 Å². The van der Waals surface area contributed by atoms with E-state index in [-0.39, 0.29) is 41.2 Å². The highest BCUT2D eigenvalue weighted by Crippen LogP contribution is 2.44. The molecule has 1 amide bonds. The number of cyclic esters (lactones) is 1. The number of carbonyl (C=O) groups excluding carboxylic acids is 3. The van der Waals surface area contributed by atoms with Crippen molar-refractivity contribution in [2.45, 2.75) is 70.4 Å². The first-order valence-corrected chi connectivity index (χ1v) is 14.9. The van der Waals surface area contributed by atoms with Gasteiger partial charge in [0, 0.05) is 30.7 Å². The molecule has 0 spiro atoms. The molecule has 4 N–H and O–H groups in total. The monoisotopic (exact) mass is 654 g/mol. The lowest BCUT2D eigenvalue weighted by Crippen LogP contribution is -2.26. The van der Waals surface area contributed by atoms with Gasteiger partial charge < -0.3 is 25.0 Å². The van der Waals surface area contributed by atoms with Crippen molar-refractivity contribution in [3.63, 3.8) is 0 Å². The number of methoxy groups -OCH3 is 1. The first-order chi connectivity index (χ1) is 20.7. The molecule has 3 aromatic rings. The Morgan fingerprint density at radius 1 is 1.21 bits per heavy atom. The van der Waals surface area contributed by atoms with E-state index < -0.39 is 29.6 Å². The molecule has 0 saturated heterocycles. The zero-order chi connectivity index (χ0) is 30.9. The molecule has 0 bridgehead atoms. The summed E-state index contributed by atoms with van der Waals surface area (Å²) < 4.78 is 11.3. The zero-order valence-electron chi connectivity index (χ0n) is 24.1. The van der Waals surface area contributed by atoms with Gasteiger partial charge in [-0.2, -0.15) is 0 Å². The molecule has 0 aliphatic carbocycles. The number of H-pyrrole nitrogens is 1. The molecule has 1 aliphatic rings. The number of esters is 1. The molecule has 2 heterocycles. The summed E-state index contributed by atoms with van der Waals surface area (Å²) in [6, 6.07) is 8.28. The molecular formula is C31H35BrN4O7. The number of ether oxygens (including phenoxy) is 2. The summed E-state index contributed by atoms with van der Waals surface area (Å²) in [4.78, 5) is 42.9. The van der Waals surface area contributed by atoms with Crippen LogP contribution in [0.4, 0.5) is 0 Å². The van der Waals surface area contributed by atoms with Crippen LogP contribution in [0.3, 0.4) is 0 Å². The fourth-order valence-corrected chi connectivity index (χ4v) is 5.34. The second-order valence-electron chi connectivity index (χ2n) is 10.4. The average molecular weight is 656 g/mol. The largest absolute Gasteiger partial charge is 0.507 e. The summed E-state index contributed by atoms with van der Waals surface area (Å²) in [5, 5.41) is 32.3. The molecule has 43 heavy (non-hydrogen) atoms. The average Bonchev–Trinajstić information content (AvgIpc) is 3.39. The Balaban J connectivity index is 1.74. The molecular weight excluding hydrogens is 620 g/mol. The Morgan fingerprint density at radius 2 is 1.95 bits per heavy atom. The standard InChI is InChI=1S/C31H35BrN4O7/c1-18-7-6-10-21(37)9-5-3-4-8-20-15-24(38)28(29(40)27(20)30(41)43-18)23(19-11-13-22(42-2)14-12-19)16-26(39)33-17-25-34-31(32)36-35-25/h4,8,11-15,18,23,38,40H,3,5-7,9-10,16-17H2,1-2H3,(H,33,39)(H,34,35,36). The number of aromatic nitrogens is 3. The van der Waals surface area contributed by atoms with Crippen LogP contribution in [-0.2, 0) is 20.9 Å². The number of amides is 1. The minimum absolute atomic E-state index is 0.0196. The number of benzene rings is 2. The van der Waals surface area contributed by atoms with Crippen molar-refractivity contribution in [2.75, 3.05) is 7.11 Å². The summed E-state index contributed by atoms with van der Waals surface area (Å²) in [5.41, 5.74) is 0.792. The molecule has 0 saturated carbocycles. The summed E-state index contributed by atoms with van der Waals surface area (Å²) in [6.45, 7) is 1.81. The van der Waals surface area contributed by atoms with Gasteiger partial charge in [0.25, 0.3) is 0 Å². The first-order valence-electron chi connectivity index (χ1n) is 14.1. The van der Waals surface area contributed by atoms with Crippen LogP contribution in [0.25, 0.3) is 6.08 Å². The number of hydrogen-bond acceptors (Lipinski definition) is 9. The highest BCUT2D eigenvalue weighted by atomic mass is 79.9. The molecule has 12 heteroatoms. The lowest BCUT2D eigenvalue weighted by atomic mass is 9.84. The topological polar surface area (TPSA) is 164 Å². The number of phenols is 2. The van der Waals surface area contributed by atoms with Gasteiger partial charge in [-0.1, -0.05) is 24.3 Å². The minimum Gasteiger partial charge on any atom is -0.507 e. The zero-order valence-corrected chi connectivity index (χ0v) is 25.6. The SMILES string of the molecule is COc1ccc(C(CC(=O)NCc2nc(Br)n[nH]2)c2c(O)cc3c(c2O)C(=O)OC(C)CCCC(=O)CCCC=C3)cc1. The third kappa shape index (κ3) is 8.44. The lowest BCUT2D eigenvalue weighted by molar-refractivity contribution is -0.121. The third-order valence-corrected chi connectivity index (χ3v) is 7.62. The highest BCUT2D eigenvalue weighted by molar-refractivity contribution is 9.10. The van der Waals surface area contributed by atoms with Crippen molar-refractivity contribution in [1.82, 2.24) is 20.5 Å². The predicted molar refractivity (Wildman–Crippen MR) is 162 cm³/mol. The van der Waals surface area contributed by atoms with Crippen LogP contribution in [0.2, 0.25) is 0 Å². The van der Waals surface area contributed by atoms with Crippen LogP contribution < -0.4 is 10.1 Å². The number of halogens is 1. The van der Waals surface area contributed by atoms with Crippen LogP contribution in [0, 0.1) is 0 Å². The highest BCUT2D eigenvalue weighted by Gasteiger charge is 2.31. The van der Waals surface area contributed by atoms with Crippen molar-refractivity contribution >= 4 is 39.7 Å². The van der Waals surface area contributed by atoms with E-state index in [4.69, 9.17) is 9.47 Å². The summed E-state index contributed by atoms with van der Waals surface area (Å²) in [5.74, 6) is -1.55. The molecule has 0 fully saturated rings. The van der Waals surface area contributed by atoms with Gasteiger partial charge in [-0.05, 0) is 77.9 Å². The van der Waals surface area contributed by atoms with E-state index in [9.17, 15) is 24.6 Å². The maximum absolute atomic E-state index is 13.5. The first kappa shape index (κ1) is 31.7. The van der Waals surface area contributed by atoms with E-state index in [0.717, 1.165) is 0 Å². The Labute approximate surface area is 257 Å². The number of fused-ring (bicyclic) bond motifs is 1. The normalized spacial score (nSPS) is 17.0. The van der Waals surface area contributed by atoms with E-state index in [2.05, 4.69) is 36.4 Å². The lowest BCUT2D eigenvalue weighted by Gasteiger charge is -2.23. The van der Waals surface area contributed by atoms with Crippen LogP contribution >= 0.6 is 15.9 Å². The quantitative estimate of drug-likeness (QED) is 0.247. The summed E-state index contributed by atoms with van der Waals surface area (Å²) in [7, 11) is 1.53. The van der Waals surface area contributed by atoms with Crippen molar-refractivity contribution in [1.29, 1.82) is 0 Å². The van der Waals surface area contributed by atoms with Gasteiger partial charge in [0.1, 0.15) is 34.4 Å². The number of aromatic amines is 1. The van der Waals surface area contributed by atoms with Gasteiger partial charge >= 0.3 is 5.97 Å². The van der Waals surface area contributed by atoms with E-state index in [0.29, 0.717) is 60.4 Å². The third-order valence-electron chi connectivity index (χ3n) is 7.26. The number of Topliss-reactive ketones (excluding diaryl/α,β-unsaturated/α-hetero) is 1. The molecule has 0 radical (unpaired) electrons. The Kier molecular flexibility index (Phi) is 10.9. The predicted octanol–water partition coefficient (Wildman–Crippen LogP) is 5.31. The minimum atomic E-state index is -0.842. The number of rotatable bonds is 7. The maximum Gasteiger partial charge on any atom is 0.342 e.